The van der Waals surface area contributed by atoms with Crippen molar-refractivity contribution in [3.05, 3.63) is 60.7 Å². The van der Waals surface area contributed by atoms with E-state index in [4.69, 9.17) is 0 Å². The molecule has 24 heavy (non-hydrogen) atoms. The molecule has 2 aromatic carbocycles. The third-order valence-corrected chi connectivity index (χ3v) is 8.88. The number of benzene rings is 2. The van der Waals surface area contributed by atoms with Gasteiger partial charge in [0.15, 0.2) is 0 Å². The Kier molecular flexibility index (Phi) is 5.24. The summed E-state index contributed by atoms with van der Waals surface area (Å²) in [5.74, 6) is 1.81. The van der Waals surface area contributed by atoms with Gasteiger partial charge in [-0.1, -0.05) is 68.5 Å². The minimum Gasteiger partial charge on any atom is -0.108 e. The normalized spacial score (nSPS) is 23.6. The smallest absolute Gasteiger partial charge is 0.0735 e. The fourth-order valence-electron chi connectivity index (χ4n) is 4.33. The van der Waals surface area contributed by atoms with E-state index < -0.39 is 0 Å². The first-order valence-electron chi connectivity index (χ1n) is 9.34. The molecule has 0 radical (unpaired) electrons. The van der Waals surface area contributed by atoms with Crippen LogP contribution in [0.2, 0.25) is 0 Å². The topological polar surface area (TPSA) is 0 Å². The van der Waals surface area contributed by atoms with E-state index in [1.165, 1.54) is 54.7 Å². The lowest BCUT2D eigenvalue weighted by Crippen LogP contribution is -2.45. The molecule has 0 aliphatic heterocycles. The quantitative estimate of drug-likeness (QED) is 0.518. The van der Waals surface area contributed by atoms with Gasteiger partial charge in [0.2, 0.25) is 0 Å². The highest BCUT2D eigenvalue weighted by molar-refractivity contribution is 8.18. The molecule has 2 saturated carbocycles. The Morgan fingerprint density at radius 3 is 1.67 bits per heavy atom. The molecule has 2 aliphatic carbocycles. The summed E-state index contributed by atoms with van der Waals surface area (Å²) in [4.78, 5) is 2.86. The van der Waals surface area contributed by atoms with Crippen molar-refractivity contribution in [2.75, 3.05) is 0 Å². The van der Waals surface area contributed by atoms with Crippen LogP contribution in [0, 0.1) is 11.8 Å². The van der Waals surface area contributed by atoms with E-state index >= 15 is 0 Å². The number of thioether (sulfide) groups is 2. The third-order valence-electron chi connectivity index (χ3n) is 5.66. The number of hydrogen-bond acceptors (Lipinski definition) is 2. The molecule has 0 saturated heterocycles. The summed E-state index contributed by atoms with van der Waals surface area (Å²) in [6, 6.07) is 22.1. The van der Waals surface area contributed by atoms with Gasteiger partial charge in [0.1, 0.15) is 0 Å². The molecule has 126 valence electrons. The highest BCUT2D eigenvalue weighted by Crippen LogP contribution is 2.64. The van der Waals surface area contributed by atoms with Crippen LogP contribution in [0.4, 0.5) is 0 Å². The monoisotopic (exact) mass is 354 g/mol. The Morgan fingerprint density at radius 1 is 0.667 bits per heavy atom. The van der Waals surface area contributed by atoms with Gasteiger partial charge in [0, 0.05) is 9.79 Å². The van der Waals surface area contributed by atoms with Crippen LogP contribution in [0.1, 0.15) is 44.9 Å². The fourth-order valence-corrected chi connectivity index (χ4v) is 7.82. The van der Waals surface area contributed by atoms with Gasteiger partial charge in [-0.15, -0.1) is 23.5 Å². The third kappa shape index (κ3) is 3.55. The Labute approximate surface area is 154 Å². The van der Waals surface area contributed by atoms with Crippen LogP contribution in [0.3, 0.4) is 0 Å². The molecule has 2 aromatic rings. The van der Waals surface area contributed by atoms with Gasteiger partial charge in [0.25, 0.3) is 0 Å². The standard InChI is InChI=1S/C22H26S2/c1-4-10-18(11-5-1)21-16-17-22(21,23-19-12-6-2-7-13-19)24-20-14-8-3-9-15-20/h2-3,6-9,12-15,18,21H,1,4-5,10-11,16-17H2. The molecule has 0 spiro atoms. The molecule has 4 rings (SSSR count). The fraction of sp³-hybridized carbons (Fsp3) is 0.455. The Balaban J connectivity index is 1.59. The zero-order valence-electron chi connectivity index (χ0n) is 14.2. The van der Waals surface area contributed by atoms with Crippen molar-refractivity contribution in [3.63, 3.8) is 0 Å². The van der Waals surface area contributed by atoms with Crippen LogP contribution in [-0.2, 0) is 0 Å². The molecule has 0 N–H and O–H groups in total. The molecule has 0 heterocycles. The highest BCUT2D eigenvalue weighted by Gasteiger charge is 2.51. The van der Waals surface area contributed by atoms with Gasteiger partial charge in [-0.2, -0.15) is 0 Å². The van der Waals surface area contributed by atoms with Crippen LogP contribution in [-0.4, -0.2) is 4.08 Å². The van der Waals surface area contributed by atoms with E-state index in [2.05, 4.69) is 84.2 Å². The summed E-state index contributed by atoms with van der Waals surface area (Å²) in [5.41, 5.74) is 0. The summed E-state index contributed by atoms with van der Waals surface area (Å²) in [5, 5.41) is 0. The molecule has 0 nitrogen and oxygen atoms in total. The van der Waals surface area contributed by atoms with Gasteiger partial charge in [-0.3, -0.25) is 0 Å². The van der Waals surface area contributed by atoms with Crippen LogP contribution in [0.15, 0.2) is 70.5 Å². The van der Waals surface area contributed by atoms with E-state index in [1.54, 1.807) is 0 Å². The Bertz CT molecular complexity index is 590. The van der Waals surface area contributed by atoms with Crippen molar-refractivity contribution < 1.29 is 0 Å². The van der Waals surface area contributed by atoms with Gasteiger partial charge >= 0.3 is 0 Å². The van der Waals surface area contributed by atoms with Crippen LogP contribution in [0.5, 0.6) is 0 Å². The second-order valence-corrected chi connectivity index (χ2v) is 10.3. The average molecular weight is 355 g/mol. The van der Waals surface area contributed by atoms with Crippen LogP contribution >= 0.6 is 23.5 Å². The minimum absolute atomic E-state index is 0.338. The molecule has 1 atom stereocenters. The molecular formula is C22H26S2. The van der Waals surface area contributed by atoms with Crippen molar-refractivity contribution >= 4 is 23.5 Å². The van der Waals surface area contributed by atoms with E-state index in [0.29, 0.717) is 4.08 Å². The van der Waals surface area contributed by atoms with E-state index in [9.17, 15) is 0 Å². The lowest BCUT2D eigenvalue weighted by molar-refractivity contribution is 0.155. The first kappa shape index (κ1) is 16.6. The van der Waals surface area contributed by atoms with Crippen molar-refractivity contribution in [1.29, 1.82) is 0 Å². The summed E-state index contributed by atoms with van der Waals surface area (Å²) >= 11 is 4.27. The molecule has 0 bridgehead atoms. The second-order valence-electron chi connectivity index (χ2n) is 7.19. The maximum Gasteiger partial charge on any atom is 0.0735 e. The van der Waals surface area contributed by atoms with Crippen molar-refractivity contribution in [1.82, 2.24) is 0 Å². The van der Waals surface area contributed by atoms with Crippen molar-refractivity contribution in [2.45, 2.75) is 58.8 Å². The number of hydrogen-bond donors (Lipinski definition) is 0. The summed E-state index contributed by atoms with van der Waals surface area (Å²) in [7, 11) is 0. The molecule has 0 aromatic heterocycles. The van der Waals surface area contributed by atoms with Crippen molar-refractivity contribution in [2.24, 2.45) is 11.8 Å². The molecule has 2 aliphatic rings. The van der Waals surface area contributed by atoms with Gasteiger partial charge in [-0.25, -0.2) is 0 Å². The Morgan fingerprint density at radius 2 is 1.21 bits per heavy atom. The van der Waals surface area contributed by atoms with Crippen molar-refractivity contribution in [3.8, 4) is 0 Å². The molecule has 1 unspecified atom stereocenters. The zero-order valence-corrected chi connectivity index (χ0v) is 15.8. The Hall–Kier alpha value is -0.860. The molecule has 0 amide bonds. The zero-order chi connectivity index (χ0) is 16.2. The van der Waals surface area contributed by atoms with Gasteiger partial charge in [0.05, 0.1) is 4.08 Å². The van der Waals surface area contributed by atoms with Gasteiger partial charge in [-0.05, 0) is 48.9 Å². The molecule has 2 heteroatoms. The van der Waals surface area contributed by atoms with Gasteiger partial charge < -0.3 is 0 Å². The van der Waals surface area contributed by atoms with E-state index in [-0.39, 0.29) is 0 Å². The van der Waals surface area contributed by atoms with Crippen LogP contribution < -0.4 is 0 Å². The maximum atomic E-state index is 2.29. The predicted molar refractivity (Wildman–Crippen MR) is 107 cm³/mol. The lowest BCUT2D eigenvalue weighted by Gasteiger charge is -2.53. The first-order valence-corrected chi connectivity index (χ1v) is 11.0. The molecule has 2 fully saturated rings. The maximum absolute atomic E-state index is 2.29. The second kappa shape index (κ2) is 7.58. The summed E-state index contributed by atoms with van der Waals surface area (Å²) < 4.78 is 0.338. The minimum atomic E-state index is 0.338. The first-order chi connectivity index (χ1) is 11.9. The van der Waals surface area contributed by atoms with E-state index in [1.807, 2.05) is 0 Å². The average Bonchev–Trinajstić information content (AvgIpc) is 2.63. The van der Waals surface area contributed by atoms with Crippen LogP contribution in [0.25, 0.3) is 0 Å². The predicted octanol–water partition coefficient (Wildman–Crippen LogP) is 7.26. The summed E-state index contributed by atoms with van der Waals surface area (Å²) in [6.45, 7) is 0. The lowest BCUT2D eigenvalue weighted by atomic mass is 9.69. The van der Waals surface area contributed by atoms with E-state index in [0.717, 1.165) is 11.8 Å². The summed E-state index contributed by atoms with van der Waals surface area (Å²) in [6.07, 6.45) is 10.0. The molecular weight excluding hydrogens is 328 g/mol. The highest BCUT2D eigenvalue weighted by atomic mass is 32.2. The largest absolute Gasteiger partial charge is 0.108 e. The SMILES string of the molecule is c1ccc(SC2(Sc3ccccc3)CCC2C2CCCCC2)cc1. The number of rotatable bonds is 5.